The van der Waals surface area contributed by atoms with Gasteiger partial charge in [-0.3, -0.25) is 13.6 Å². The highest BCUT2D eigenvalue weighted by Gasteiger charge is 2.54. The molecule has 0 N–H and O–H groups in total. The Balaban J connectivity index is 2.56. The maximum atomic E-state index is 12.4. The molecule has 3 nitrogen and oxygen atoms in total. The first-order valence-electron chi connectivity index (χ1n) is 6.38. The molecule has 1 aliphatic heterocycles. The van der Waals surface area contributed by atoms with Crippen molar-refractivity contribution in [3.8, 4) is 0 Å². The van der Waals surface area contributed by atoms with E-state index in [1.165, 1.54) is 12.8 Å². The van der Waals surface area contributed by atoms with Crippen LogP contribution in [0.2, 0.25) is 0 Å². The molecular formula is C13H25O3P. The van der Waals surface area contributed by atoms with Crippen molar-refractivity contribution in [1.29, 1.82) is 0 Å². The summed E-state index contributed by atoms with van der Waals surface area (Å²) in [5.74, 6) is 0. The van der Waals surface area contributed by atoms with E-state index in [0.29, 0.717) is 6.16 Å². The lowest BCUT2D eigenvalue weighted by molar-refractivity contribution is 0.00578. The molecule has 0 saturated carbocycles. The predicted octanol–water partition coefficient (Wildman–Crippen LogP) is 4.53. The van der Waals surface area contributed by atoms with Crippen molar-refractivity contribution in [2.45, 2.75) is 65.1 Å². The van der Waals surface area contributed by atoms with Gasteiger partial charge in [0.1, 0.15) is 11.2 Å². The van der Waals surface area contributed by atoms with Crippen LogP contribution < -0.4 is 0 Å². The topological polar surface area (TPSA) is 35.5 Å². The minimum Gasteiger partial charge on any atom is -0.299 e. The highest BCUT2D eigenvalue weighted by atomic mass is 31.2. The van der Waals surface area contributed by atoms with Crippen molar-refractivity contribution >= 4 is 7.60 Å². The molecule has 0 aliphatic carbocycles. The minimum absolute atomic E-state index is 0.379. The third-order valence-electron chi connectivity index (χ3n) is 3.40. The van der Waals surface area contributed by atoms with Gasteiger partial charge in [0.15, 0.2) is 0 Å². The monoisotopic (exact) mass is 260 g/mol. The van der Waals surface area contributed by atoms with E-state index in [2.05, 4.69) is 13.0 Å². The molecule has 100 valence electrons. The molecule has 1 fully saturated rings. The maximum Gasteiger partial charge on any atom is 0.335 e. The molecule has 4 heteroatoms. The fourth-order valence-electron chi connectivity index (χ4n) is 1.65. The van der Waals surface area contributed by atoms with Crippen molar-refractivity contribution in [3.05, 3.63) is 12.2 Å². The van der Waals surface area contributed by atoms with Crippen LogP contribution in [0.4, 0.5) is 0 Å². The first-order valence-corrected chi connectivity index (χ1v) is 8.11. The number of unbranched alkanes of at least 4 members (excludes halogenated alkanes) is 2. The van der Waals surface area contributed by atoms with Crippen molar-refractivity contribution in [3.63, 3.8) is 0 Å². The fraction of sp³-hybridized carbons (Fsp3) is 0.846. The zero-order valence-corrected chi connectivity index (χ0v) is 12.5. The Hall–Kier alpha value is -0.110. The van der Waals surface area contributed by atoms with Crippen molar-refractivity contribution in [2.75, 3.05) is 6.16 Å². The van der Waals surface area contributed by atoms with Crippen LogP contribution in [-0.2, 0) is 13.6 Å². The number of hydrogen-bond acceptors (Lipinski definition) is 3. The van der Waals surface area contributed by atoms with Crippen LogP contribution in [0, 0.1) is 0 Å². The summed E-state index contributed by atoms with van der Waals surface area (Å²) in [5, 5.41) is 0. The van der Waals surface area contributed by atoms with E-state index in [4.69, 9.17) is 9.05 Å². The molecule has 0 bridgehead atoms. The van der Waals surface area contributed by atoms with Crippen LogP contribution in [-0.4, -0.2) is 17.4 Å². The second kappa shape index (κ2) is 5.26. The quantitative estimate of drug-likeness (QED) is 0.414. The zero-order chi connectivity index (χ0) is 13.2. The maximum absolute atomic E-state index is 12.4. The summed E-state index contributed by atoms with van der Waals surface area (Å²) in [4.78, 5) is 0. The average molecular weight is 260 g/mol. The summed E-state index contributed by atoms with van der Waals surface area (Å²) >= 11 is 0. The summed E-state index contributed by atoms with van der Waals surface area (Å²) in [6.07, 6.45) is 7.74. The number of allylic oxidation sites excluding steroid dienone is 2. The van der Waals surface area contributed by atoms with Gasteiger partial charge >= 0.3 is 7.60 Å². The Bertz CT molecular complexity index is 312. The van der Waals surface area contributed by atoms with E-state index in [1.54, 1.807) is 0 Å². The molecule has 1 saturated heterocycles. The lowest BCUT2D eigenvalue weighted by Crippen LogP contribution is -2.41. The van der Waals surface area contributed by atoms with Crippen LogP contribution in [0.3, 0.4) is 0 Å². The third kappa shape index (κ3) is 3.67. The zero-order valence-electron chi connectivity index (χ0n) is 11.7. The van der Waals surface area contributed by atoms with Crippen LogP contribution in [0.25, 0.3) is 0 Å². The predicted molar refractivity (Wildman–Crippen MR) is 71.5 cm³/mol. The van der Waals surface area contributed by atoms with E-state index in [1.807, 2.05) is 33.8 Å². The molecule has 1 heterocycles. The van der Waals surface area contributed by atoms with E-state index in [-0.39, 0.29) is 0 Å². The molecule has 0 spiro atoms. The van der Waals surface area contributed by atoms with Gasteiger partial charge in [-0.1, -0.05) is 31.9 Å². The first-order chi connectivity index (χ1) is 7.72. The van der Waals surface area contributed by atoms with Gasteiger partial charge < -0.3 is 0 Å². The molecule has 1 rings (SSSR count). The van der Waals surface area contributed by atoms with Crippen LogP contribution in [0.1, 0.15) is 53.9 Å². The molecule has 0 aromatic carbocycles. The summed E-state index contributed by atoms with van der Waals surface area (Å²) in [5.41, 5.74) is -1.00. The first kappa shape index (κ1) is 14.9. The van der Waals surface area contributed by atoms with Crippen LogP contribution >= 0.6 is 7.60 Å². The Kier molecular flexibility index (Phi) is 4.62. The molecular weight excluding hydrogens is 235 g/mol. The molecule has 17 heavy (non-hydrogen) atoms. The van der Waals surface area contributed by atoms with Gasteiger partial charge in [-0.25, -0.2) is 0 Å². The highest BCUT2D eigenvalue weighted by molar-refractivity contribution is 7.54. The molecule has 0 radical (unpaired) electrons. The van der Waals surface area contributed by atoms with E-state index in [0.717, 1.165) is 6.42 Å². The normalized spacial score (nSPS) is 25.5. The van der Waals surface area contributed by atoms with Crippen molar-refractivity contribution in [1.82, 2.24) is 0 Å². The number of rotatable bonds is 5. The van der Waals surface area contributed by atoms with Gasteiger partial charge in [-0.05, 0) is 34.1 Å². The smallest absolute Gasteiger partial charge is 0.299 e. The summed E-state index contributed by atoms with van der Waals surface area (Å²) in [6.45, 7) is 9.85. The molecule has 1 aliphatic rings. The van der Waals surface area contributed by atoms with E-state index in [9.17, 15) is 4.57 Å². The van der Waals surface area contributed by atoms with E-state index >= 15 is 0 Å². The van der Waals surface area contributed by atoms with E-state index < -0.39 is 18.8 Å². The van der Waals surface area contributed by atoms with Gasteiger partial charge in [-0.15, -0.1) is 0 Å². The van der Waals surface area contributed by atoms with Gasteiger partial charge in [0, 0.05) is 0 Å². The van der Waals surface area contributed by atoms with Gasteiger partial charge in [0.2, 0.25) is 0 Å². The molecule has 0 unspecified atom stereocenters. The number of hydrogen-bond donors (Lipinski definition) is 0. The largest absolute Gasteiger partial charge is 0.335 e. The fourth-order valence-corrected chi connectivity index (χ4v) is 4.08. The lowest BCUT2D eigenvalue weighted by atomic mass is 9.90. The lowest BCUT2D eigenvalue weighted by Gasteiger charge is -2.29. The second-order valence-electron chi connectivity index (χ2n) is 5.61. The molecule has 0 aromatic heterocycles. The summed E-state index contributed by atoms with van der Waals surface area (Å²) < 4.78 is 23.7. The second-order valence-corrected chi connectivity index (χ2v) is 7.56. The third-order valence-corrected chi connectivity index (χ3v) is 5.53. The minimum atomic E-state index is -2.95. The Morgan fingerprint density at radius 1 is 1.06 bits per heavy atom. The summed E-state index contributed by atoms with van der Waals surface area (Å²) in [6, 6.07) is 0. The van der Waals surface area contributed by atoms with Crippen LogP contribution in [0.5, 0.6) is 0 Å². The van der Waals surface area contributed by atoms with Crippen molar-refractivity contribution < 1.29 is 13.6 Å². The Labute approximate surface area is 105 Å². The Morgan fingerprint density at radius 2 is 1.59 bits per heavy atom. The standard InChI is InChI=1S/C13H25O3P/c1-6-7-8-9-10-11-17(14)15-12(2,3)13(4,5)16-17/h9-10H,6-8,11H2,1-5H3/b10-9+. The van der Waals surface area contributed by atoms with Gasteiger partial charge in [0.25, 0.3) is 0 Å². The Morgan fingerprint density at radius 3 is 2.06 bits per heavy atom. The highest BCUT2D eigenvalue weighted by Crippen LogP contribution is 2.63. The average Bonchev–Trinajstić information content (AvgIpc) is 2.30. The molecule has 0 atom stereocenters. The summed E-state index contributed by atoms with van der Waals surface area (Å²) in [7, 11) is -2.95. The van der Waals surface area contributed by atoms with Crippen LogP contribution in [0.15, 0.2) is 12.2 Å². The van der Waals surface area contributed by atoms with Crippen molar-refractivity contribution in [2.24, 2.45) is 0 Å². The SMILES string of the molecule is CCCC/C=C/CP1(=O)OC(C)(C)C(C)(C)O1. The van der Waals surface area contributed by atoms with Gasteiger partial charge in [-0.2, -0.15) is 0 Å². The molecule has 0 aromatic rings. The molecule has 0 amide bonds. The van der Waals surface area contributed by atoms with Gasteiger partial charge in [0.05, 0.1) is 6.16 Å².